The number of methoxy groups -OCH3 is 3. The van der Waals surface area contributed by atoms with Gasteiger partial charge in [0.1, 0.15) is 11.3 Å². The molecule has 0 saturated carbocycles. The van der Waals surface area contributed by atoms with Gasteiger partial charge in [-0.25, -0.2) is 0 Å². The predicted molar refractivity (Wildman–Crippen MR) is 118 cm³/mol. The molecule has 1 fully saturated rings. The van der Waals surface area contributed by atoms with Crippen LogP contribution in [-0.4, -0.2) is 43.4 Å². The number of rotatable bonds is 5. The fraction of sp³-hybridized carbons (Fsp3) is 0.150. The van der Waals surface area contributed by atoms with Gasteiger partial charge in [0.05, 0.1) is 31.5 Å². The van der Waals surface area contributed by atoms with Crippen LogP contribution in [0.4, 0.5) is 5.69 Å². The summed E-state index contributed by atoms with van der Waals surface area (Å²) in [5, 5.41) is 12.1. The van der Waals surface area contributed by atoms with Crippen LogP contribution in [-0.2, 0) is 9.59 Å². The average Bonchev–Trinajstić information content (AvgIpc) is 2.72. The molecule has 1 saturated heterocycles. The van der Waals surface area contributed by atoms with Crippen LogP contribution >= 0.6 is 28.1 Å². The van der Waals surface area contributed by atoms with Gasteiger partial charge in [-0.05, 0) is 51.9 Å². The molecule has 3 rings (SSSR count). The standard InChI is InChI=1S/C20H17BrN2O6S/c1-27-15-8-11(9-16(28-2)17(15)29-3)23-19(26)12(18(25)22-20(23)30)6-10-4-5-14(24)13(21)7-10/h4-9,24H,1-3H3,(H,22,25,30)/b12-6-. The first-order chi connectivity index (χ1) is 14.3. The zero-order valence-corrected chi connectivity index (χ0v) is 18.6. The lowest BCUT2D eigenvalue weighted by Crippen LogP contribution is -2.54. The van der Waals surface area contributed by atoms with Crippen molar-refractivity contribution in [2.75, 3.05) is 26.2 Å². The lowest BCUT2D eigenvalue weighted by molar-refractivity contribution is -0.122. The van der Waals surface area contributed by atoms with Crippen molar-refractivity contribution >= 4 is 56.8 Å². The summed E-state index contributed by atoms with van der Waals surface area (Å²) >= 11 is 8.44. The van der Waals surface area contributed by atoms with E-state index in [2.05, 4.69) is 21.2 Å². The van der Waals surface area contributed by atoms with E-state index in [1.165, 1.54) is 38.4 Å². The maximum absolute atomic E-state index is 13.2. The number of carbonyl (C=O) groups excluding carboxylic acids is 2. The van der Waals surface area contributed by atoms with Gasteiger partial charge in [0.15, 0.2) is 16.6 Å². The first-order valence-corrected chi connectivity index (χ1v) is 9.70. The minimum atomic E-state index is -0.627. The number of phenolic OH excluding ortho intramolecular Hbond substituents is 1. The normalized spacial score (nSPS) is 15.3. The second-order valence-electron chi connectivity index (χ2n) is 6.05. The molecule has 0 bridgehead atoms. The number of hydrogen-bond donors (Lipinski definition) is 2. The van der Waals surface area contributed by atoms with Crippen LogP contribution in [0.5, 0.6) is 23.0 Å². The van der Waals surface area contributed by atoms with Crippen molar-refractivity contribution in [3.63, 3.8) is 0 Å². The van der Waals surface area contributed by atoms with Gasteiger partial charge in [0.25, 0.3) is 11.8 Å². The van der Waals surface area contributed by atoms with E-state index in [0.29, 0.717) is 33.0 Å². The minimum Gasteiger partial charge on any atom is -0.507 e. The fourth-order valence-corrected chi connectivity index (χ4v) is 3.55. The van der Waals surface area contributed by atoms with E-state index in [1.807, 2.05) is 0 Å². The van der Waals surface area contributed by atoms with Gasteiger partial charge in [-0.2, -0.15) is 0 Å². The molecule has 0 spiro atoms. The third-order valence-corrected chi connectivity index (χ3v) is 5.21. The van der Waals surface area contributed by atoms with Crippen LogP contribution in [0.1, 0.15) is 5.56 Å². The van der Waals surface area contributed by atoms with Crippen LogP contribution < -0.4 is 24.4 Å². The highest BCUT2D eigenvalue weighted by molar-refractivity contribution is 9.10. The van der Waals surface area contributed by atoms with Crippen molar-refractivity contribution in [1.82, 2.24) is 5.32 Å². The number of aromatic hydroxyl groups is 1. The van der Waals surface area contributed by atoms with Crippen LogP contribution in [0.25, 0.3) is 6.08 Å². The molecule has 1 aliphatic heterocycles. The van der Waals surface area contributed by atoms with E-state index < -0.39 is 11.8 Å². The molecule has 156 valence electrons. The SMILES string of the molecule is COc1cc(N2C(=O)/C(=C\c3ccc(O)c(Br)c3)C(=O)NC2=S)cc(OC)c1OC. The minimum absolute atomic E-state index is 0.0387. The monoisotopic (exact) mass is 492 g/mol. The highest BCUT2D eigenvalue weighted by Crippen LogP contribution is 2.41. The van der Waals surface area contributed by atoms with Gasteiger partial charge in [0.2, 0.25) is 5.75 Å². The Kier molecular flexibility index (Phi) is 6.28. The summed E-state index contributed by atoms with van der Waals surface area (Å²) in [6.45, 7) is 0. The largest absolute Gasteiger partial charge is 0.507 e. The summed E-state index contributed by atoms with van der Waals surface area (Å²) in [7, 11) is 4.37. The first kappa shape index (κ1) is 21.6. The molecule has 2 aromatic carbocycles. The molecule has 0 aromatic heterocycles. The second-order valence-corrected chi connectivity index (χ2v) is 7.29. The van der Waals surface area contributed by atoms with E-state index in [4.69, 9.17) is 26.4 Å². The van der Waals surface area contributed by atoms with E-state index in [0.717, 1.165) is 0 Å². The average molecular weight is 493 g/mol. The van der Waals surface area contributed by atoms with Crippen molar-refractivity contribution in [2.24, 2.45) is 0 Å². The zero-order valence-electron chi connectivity index (χ0n) is 16.2. The molecule has 2 amide bonds. The molecule has 30 heavy (non-hydrogen) atoms. The molecule has 1 heterocycles. The number of amides is 2. The highest BCUT2D eigenvalue weighted by Gasteiger charge is 2.35. The molecule has 2 aromatic rings. The van der Waals surface area contributed by atoms with Gasteiger partial charge < -0.3 is 19.3 Å². The van der Waals surface area contributed by atoms with Gasteiger partial charge in [-0.15, -0.1) is 0 Å². The van der Waals surface area contributed by atoms with Gasteiger partial charge in [0, 0.05) is 12.1 Å². The quantitative estimate of drug-likeness (QED) is 0.376. The highest BCUT2D eigenvalue weighted by atomic mass is 79.9. The van der Waals surface area contributed by atoms with Crippen molar-refractivity contribution in [2.45, 2.75) is 0 Å². The van der Waals surface area contributed by atoms with Crippen LogP contribution in [0.3, 0.4) is 0 Å². The van der Waals surface area contributed by atoms with Crippen molar-refractivity contribution < 1.29 is 28.9 Å². The molecular formula is C20H17BrN2O6S. The Morgan fingerprint density at radius 1 is 1.07 bits per heavy atom. The molecule has 0 atom stereocenters. The lowest BCUT2D eigenvalue weighted by Gasteiger charge is -2.29. The Morgan fingerprint density at radius 2 is 1.70 bits per heavy atom. The smallest absolute Gasteiger partial charge is 0.270 e. The summed E-state index contributed by atoms with van der Waals surface area (Å²) in [5.74, 6) is -0.204. The zero-order chi connectivity index (χ0) is 22.0. The van der Waals surface area contributed by atoms with Crippen molar-refractivity contribution in [1.29, 1.82) is 0 Å². The van der Waals surface area contributed by atoms with Crippen LogP contribution in [0.2, 0.25) is 0 Å². The second kappa shape index (κ2) is 8.72. The van der Waals surface area contributed by atoms with Crippen LogP contribution in [0, 0.1) is 0 Å². The number of nitrogens with zero attached hydrogens (tertiary/aromatic N) is 1. The number of nitrogens with one attached hydrogen (secondary N) is 1. The first-order valence-electron chi connectivity index (χ1n) is 8.50. The number of hydrogen-bond acceptors (Lipinski definition) is 7. The van der Waals surface area contributed by atoms with E-state index in [-0.39, 0.29) is 16.4 Å². The summed E-state index contributed by atoms with van der Waals surface area (Å²) in [6, 6.07) is 7.71. The maximum atomic E-state index is 13.2. The Bertz CT molecular complexity index is 1060. The number of halogens is 1. The number of ether oxygens (including phenoxy) is 3. The summed E-state index contributed by atoms with van der Waals surface area (Å²) < 4.78 is 16.4. The number of thiocarbonyl (C=S) groups is 1. The molecule has 2 N–H and O–H groups in total. The molecule has 0 unspecified atom stereocenters. The molecular weight excluding hydrogens is 476 g/mol. The van der Waals surface area contributed by atoms with Gasteiger partial charge >= 0.3 is 0 Å². The molecule has 0 aliphatic carbocycles. The Labute approximate surface area is 186 Å². The Morgan fingerprint density at radius 3 is 2.23 bits per heavy atom. The molecule has 0 radical (unpaired) electrons. The summed E-state index contributed by atoms with van der Waals surface area (Å²) in [5.41, 5.74) is 0.739. The van der Waals surface area contributed by atoms with E-state index in [9.17, 15) is 14.7 Å². The number of phenols is 1. The van der Waals surface area contributed by atoms with Gasteiger partial charge in [-0.3, -0.25) is 19.8 Å². The molecule has 10 heteroatoms. The maximum Gasteiger partial charge on any atom is 0.270 e. The number of carbonyl (C=O) groups is 2. The Balaban J connectivity index is 2.08. The van der Waals surface area contributed by atoms with Crippen molar-refractivity contribution in [3.05, 3.63) is 45.9 Å². The van der Waals surface area contributed by atoms with Crippen LogP contribution in [0.15, 0.2) is 40.4 Å². The fourth-order valence-electron chi connectivity index (χ4n) is 2.87. The lowest BCUT2D eigenvalue weighted by atomic mass is 10.1. The van der Waals surface area contributed by atoms with Gasteiger partial charge in [-0.1, -0.05) is 6.07 Å². The number of anilines is 1. The third-order valence-electron chi connectivity index (χ3n) is 4.29. The topological polar surface area (TPSA) is 97.3 Å². The summed E-state index contributed by atoms with van der Waals surface area (Å²) in [4.78, 5) is 26.8. The number of benzene rings is 2. The predicted octanol–water partition coefficient (Wildman–Crippen LogP) is 3.01. The summed E-state index contributed by atoms with van der Waals surface area (Å²) in [6.07, 6.45) is 1.41. The van der Waals surface area contributed by atoms with E-state index in [1.54, 1.807) is 24.3 Å². The third kappa shape index (κ3) is 3.96. The Hall–Kier alpha value is -3.11. The molecule has 8 nitrogen and oxygen atoms in total. The van der Waals surface area contributed by atoms with E-state index >= 15 is 0 Å². The van der Waals surface area contributed by atoms with Crippen molar-refractivity contribution in [3.8, 4) is 23.0 Å². The molecule has 1 aliphatic rings.